The summed E-state index contributed by atoms with van der Waals surface area (Å²) in [5, 5.41) is 29.0. The lowest BCUT2D eigenvalue weighted by atomic mass is 9.97. The first kappa shape index (κ1) is 22.0. The van der Waals surface area contributed by atoms with E-state index in [0.29, 0.717) is 11.3 Å². The Bertz CT molecular complexity index is 1000. The van der Waals surface area contributed by atoms with Gasteiger partial charge in [-0.1, -0.05) is 59.4 Å². The van der Waals surface area contributed by atoms with Crippen LogP contribution in [0.1, 0.15) is 29.4 Å². The Morgan fingerprint density at radius 1 is 1.10 bits per heavy atom. The molecular formula is C22H24N4O5. The molecule has 0 saturated heterocycles. The Morgan fingerprint density at radius 3 is 2.39 bits per heavy atom. The van der Waals surface area contributed by atoms with E-state index in [1.807, 2.05) is 54.6 Å². The van der Waals surface area contributed by atoms with Gasteiger partial charge in [-0.05, 0) is 35.2 Å². The van der Waals surface area contributed by atoms with E-state index >= 15 is 0 Å². The van der Waals surface area contributed by atoms with E-state index in [0.717, 1.165) is 22.9 Å². The summed E-state index contributed by atoms with van der Waals surface area (Å²) < 4.78 is 4.85. The van der Waals surface area contributed by atoms with Gasteiger partial charge in [-0.15, -0.1) is 5.10 Å². The molecule has 9 heteroatoms. The minimum absolute atomic E-state index is 0.0434. The number of aliphatic hydroxyl groups excluding tert-OH is 1. The van der Waals surface area contributed by atoms with Crippen molar-refractivity contribution in [2.75, 3.05) is 6.61 Å². The third-order valence-electron chi connectivity index (χ3n) is 4.66. The highest BCUT2D eigenvalue weighted by atomic mass is 16.5. The van der Waals surface area contributed by atoms with Gasteiger partial charge in [-0.2, -0.15) is 0 Å². The average Bonchev–Trinajstić information content (AvgIpc) is 3.21. The molecule has 2 aromatic carbocycles. The van der Waals surface area contributed by atoms with Crippen LogP contribution in [0.3, 0.4) is 0 Å². The summed E-state index contributed by atoms with van der Waals surface area (Å²) in [5.74, 6) is -1.33. The van der Waals surface area contributed by atoms with Crippen molar-refractivity contribution in [2.45, 2.75) is 31.9 Å². The number of rotatable bonds is 9. The van der Waals surface area contributed by atoms with Crippen LogP contribution in [0.25, 0.3) is 11.1 Å². The Morgan fingerprint density at radius 2 is 1.77 bits per heavy atom. The molecule has 162 valence electrons. The molecule has 0 bridgehead atoms. The predicted molar refractivity (Wildman–Crippen MR) is 111 cm³/mol. The number of esters is 1. The summed E-state index contributed by atoms with van der Waals surface area (Å²) in [4.78, 5) is 24.7. The highest BCUT2D eigenvalue weighted by molar-refractivity contribution is 5.92. The lowest BCUT2D eigenvalue weighted by molar-refractivity contribution is -0.153. The molecule has 3 rings (SSSR count). The van der Waals surface area contributed by atoms with E-state index < -0.39 is 24.0 Å². The van der Waals surface area contributed by atoms with E-state index in [9.17, 15) is 19.9 Å². The Hall–Kier alpha value is -3.72. The van der Waals surface area contributed by atoms with Gasteiger partial charge < -0.3 is 20.4 Å². The molecule has 0 aliphatic rings. The van der Waals surface area contributed by atoms with Gasteiger partial charge >= 0.3 is 5.97 Å². The molecule has 0 fully saturated rings. The van der Waals surface area contributed by atoms with Crippen molar-refractivity contribution in [1.29, 1.82) is 0 Å². The Balaban J connectivity index is 1.73. The van der Waals surface area contributed by atoms with Gasteiger partial charge in [0.25, 0.3) is 5.91 Å². The molecule has 3 aromatic rings. The fourth-order valence-electron chi connectivity index (χ4n) is 3.16. The average molecular weight is 424 g/mol. The summed E-state index contributed by atoms with van der Waals surface area (Å²) in [6.45, 7) is 1.80. The fraction of sp³-hybridized carbons (Fsp3) is 0.273. The second-order valence-corrected chi connectivity index (χ2v) is 6.97. The lowest BCUT2D eigenvalue weighted by Gasteiger charge is -2.21. The van der Waals surface area contributed by atoms with E-state index in [2.05, 4.69) is 15.6 Å². The first-order chi connectivity index (χ1) is 15.0. The molecule has 3 N–H and O–H groups in total. The molecule has 1 heterocycles. The molecule has 0 saturated carbocycles. The van der Waals surface area contributed by atoms with Gasteiger partial charge in [0.1, 0.15) is 0 Å². The van der Waals surface area contributed by atoms with Gasteiger partial charge in [-0.3, -0.25) is 4.79 Å². The number of carbonyl (C=O) groups is 2. The van der Waals surface area contributed by atoms with Gasteiger partial charge in [0.15, 0.2) is 11.8 Å². The van der Waals surface area contributed by atoms with Crippen LogP contribution >= 0.6 is 0 Å². The van der Waals surface area contributed by atoms with Gasteiger partial charge in [0.2, 0.25) is 0 Å². The number of aromatic nitrogens is 3. The number of hydrogen-bond donors (Lipinski definition) is 3. The molecule has 2 atom stereocenters. The second kappa shape index (κ2) is 10.4. The van der Waals surface area contributed by atoms with Crippen LogP contribution in [0.4, 0.5) is 0 Å². The highest BCUT2D eigenvalue weighted by Crippen LogP contribution is 2.20. The van der Waals surface area contributed by atoms with E-state index in [1.54, 1.807) is 6.92 Å². The number of amides is 1. The first-order valence-electron chi connectivity index (χ1n) is 9.87. The maximum atomic E-state index is 12.4. The van der Waals surface area contributed by atoms with Crippen LogP contribution in [-0.4, -0.2) is 56.1 Å². The van der Waals surface area contributed by atoms with Crippen LogP contribution in [0.2, 0.25) is 0 Å². The normalized spacial score (nSPS) is 12.7. The predicted octanol–water partition coefficient (Wildman–Crippen LogP) is 1.84. The Kier molecular flexibility index (Phi) is 7.34. The standard InChI is InChI=1S/C22H24N4O5/c1-2-31-22(29)20(27)13-18(23-21(28)19-14-26(30)25-24-19)12-15-8-10-17(11-9-15)16-6-4-3-5-7-16/h3-11,14,18,20,27,30H,2,12-13H2,1H3,(H,23,28)/t18-,20-/m1/s1. The summed E-state index contributed by atoms with van der Waals surface area (Å²) >= 11 is 0. The third-order valence-corrected chi connectivity index (χ3v) is 4.66. The van der Waals surface area contributed by atoms with E-state index in [1.165, 1.54) is 0 Å². The minimum atomic E-state index is -1.39. The Labute approximate surface area is 179 Å². The van der Waals surface area contributed by atoms with Gasteiger partial charge in [0.05, 0.1) is 12.8 Å². The maximum Gasteiger partial charge on any atom is 0.335 e. The molecule has 0 radical (unpaired) electrons. The van der Waals surface area contributed by atoms with Gasteiger partial charge in [0, 0.05) is 12.5 Å². The number of hydrogen-bond acceptors (Lipinski definition) is 7. The summed E-state index contributed by atoms with van der Waals surface area (Å²) in [6.07, 6.45) is -0.00611. The van der Waals surface area contributed by atoms with Crippen LogP contribution in [0, 0.1) is 0 Å². The number of nitrogens with zero attached hydrogens (tertiary/aromatic N) is 3. The zero-order valence-corrected chi connectivity index (χ0v) is 17.0. The van der Waals surface area contributed by atoms with Gasteiger partial charge in [-0.25, -0.2) is 4.79 Å². The summed E-state index contributed by atoms with van der Waals surface area (Å²) in [5.41, 5.74) is 2.96. The molecule has 31 heavy (non-hydrogen) atoms. The van der Waals surface area contributed by atoms with Crippen molar-refractivity contribution in [3.8, 4) is 11.1 Å². The first-order valence-corrected chi connectivity index (χ1v) is 9.87. The van der Waals surface area contributed by atoms with Crippen molar-refractivity contribution < 1.29 is 24.6 Å². The zero-order chi connectivity index (χ0) is 22.2. The molecule has 0 aliphatic carbocycles. The molecule has 1 aromatic heterocycles. The molecule has 0 spiro atoms. The third kappa shape index (κ3) is 6.13. The number of ether oxygens (including phenoxy) is 1. The molecule has 1 amide bonds. The van der Waals surface area contributed by atoms with Crippen molar-refractivity contribution in [1.82, 2.24) is 20.5 Å². The van der Waals surface area contributed by atoms with Crippen molar-refractivity contribution in [2.24, 2.45) is 0 Å². The molecule has 9 nitrogen and oxygen atoms in total. The van der Waals surface area contributed by atoms with E-state index in [4.69, 9.17) is 4.74 Å². The fourth-order valence-corrected chi connectivity index (χ4v) is 3.16. The number of nitrogens with one attached hydrogen (secondary N) is 1. The molecule has 0 aliphatic heterocycles. The number of aliphatic hydroxyl groups is 1. The van der Waals surface area contributed by atoms with E-state index in [-0.39, 0.29) is 18.7 Å². The number of benzene rings is 2. The second-order valence-electron chi connectivity index (χ2n) is 6.97. The quantitative estimate of drug-likeness (QED) is 0.353. The van der Waals surface area contributed by atoms with Crippen molar-refractivity contribution in [3.63, 3.8) is 0 Å². The number of carbonyl (C=O) groups excluding carboxylic acids is 2. The highest BCUT2D eigenvalue weighted by Gasteiger charge is 2.24. The van der Waals surface area contributed by atoms with Crippen LogP contribution in [-0.2, 0) is 16.0 Å². The largest absolute Gasteiger partial charge is 0.464 e. The van der Waals surface area contributed by atoms with Crippen LogP contribution in [0.5, 0.6) is 0 Å². The lowest BCUT2D eigenvalue weighted by Crippen LogP contribution is -2.41. The van der Waals surface area contributed by atoms with Crippen molar-refractivity contribution >= 4 is 11.9 Å². The topological polar surface area (TPSA) is 127 Å². The maximum absolute atomic E-state index is 12.4. The monoisotopic (exact) mass is 424 g/mol. The smallest absolute Gasteiger partial charge is 0.335 e. The molecule has 0 unspecified atom stereocenters. The SMILES string of the molecule is CCOC(=O)[C@H](O)C[C@@H](Cc1ccc(-c2ccccc2)cc1)NC(=O)c1cn(O)nn1. The van der Waals surface area contributed by atoms with Crippen molar-refractivity contribution in [3.05, 3.63) is 72.1 Å². The zero-order valence-electron chi connectivity index (χ0n) is 17.0. The van der Waals surface area contributed by atoms with Crippen LogP contribution < -0.4 is 5.32 Å². The summed E-state index contributed by atoms with van der Waals surface area (Å²) in [7, 11) is 0. The minimum Gasteiger partial charge on any atom is -0.464 e. The molecular weight excluding hydrogens is 400 g/mol. The van der Waals surface area contributed by atoms with Crippen LogP contribution in [0.15, 0.2) is 60.8 Å². The summed E-state index contributed by atoms with van der Waals surface area (Å²) in [6, 6.07) is 17.1.